The molecule has 0 aliphatic carbocycles. The Morgan fingerprint density at radius 1 is 1.25 bits per heavy atom. The molecule has 2 rings (SSSR count). The molecule has 2 N–H and O–H groups in total. The normalized spacial score (nSPS) is 21.3. The summed E-state index contributed by atoms with van der Waals surface area (Å²) in [6.07, 6.45) is 8.82. The monoisotopic (exact) mass is 218 g/mol. The maximum atomic E-state index is 6.38. The van der Waals surface area contributed by atoms with Crippen LogP contribution in [0.25, 0.3) is 0 Å². The van der Waals surface area contributed by atoms with Crippen LogP contribution in [0.3, 0.4) is 0 Å². The summed E-state index contributed by atoms with van der Waals surface area (Å²) in [7, 11) is 0. The predicted octanol–water partition coefficient (Wildman–Crippen LogP) is 1.26. The second kappa shape index (κ2) is 4.72. The smallest absolute Gasteiger partial charge is 0.167 e. The van der Waals surface area contributed by atoms with E-state index in [2.05, 4.69) is 21.4 Å². The highest BCUT2D eigenvalue weighted by Gasteiger charge is 2.34. The van der Waals surface area contributed by atoms with E-state index >= 15 is 0 Å². The van der Waals surface area contributed by atoms with Crippen LogP contribution in [-0.2, 0) is 5.66 Å². The minimum atomic E-state index is -0.721. The zero-order chi connectivity index (χ0) is 11.4. The van der Waals surface area contributed by atoms with Crippen molar-refractivity contribution >= 4 is 0 Å². The van der Waals surface area contributed by atoms with Crippen molar-refractivity contribution in [3.63, 3.8) is 0 Å². The number of aromatic nitrogens is 2. The molecule has 1 fully saturated rings. The zero-order valence-electron chi connectivity index (χ0n) is 9.47. The predicted molar refractivity (Wildman–Crippen MR) is 63.5 cm³/mol. The van der Waals surface area contributed by atoms with Gasteiger partial charge in [0.05, 0.1) is 0 Å². The molecular weight excluding hydrogens is 200 g/mol. The summed E-state index contributed by atoms with van der Waals surface area (Å²) in [5.41, 5.74) is 5.66. The first-order valence-corrected chi connectivity index (χ1v) is 5.72. The van der Waals surface area contributed by atoms with Gasteiger partial charge in [0, 0.05) is 25.5 Å². The molecule has 0 spiro atoms. The molecule has 1 atom stereocenters. The third-order valence-electron chi connectivity index (χ3n) is 3.11. The van der Waals surface area contributed by atoms with Crippen molar-refractivity contribution in [2.75, 3.05) is 13.1 Å². The van der Waals surface area contributed by atoms with Gasteiger partial charge in [-0.2, -0.15) is 0 Å². The van der Waals surface area contributed by atoms with Gasteiger partial charge in [0.1, 0.15) is 5.66 Å². The van der Waals surface area contributed by atoms with Gasteiger partial charge in [-0.1, -0.05) is 13.0 Å². The summed E-state index contributed by atoms with van der Waals surface area (Å²) in [6, 6.07) is 1.79. The van der Waals surface area contributed by atoms with E-state index in [4.69, 9.17) is 5.73 Å². The molecule has 1 saturated heterocycles. The first-order valence-electron chi connectivity index (χ1n) is 5.72. The molecule has 16 heavy (non-hydrogen) atoms. The Morgan fingerprint density at radius 2 is 1.88 bits per heavy atom. The summed E-state index contributed by atoms with van der Waals surface area (Å²) in [5, 5.41) is 0. The van der Waals surface area contributed by atoms with Crippen molar-refractivity contribution < 1.29 is 0 Å². The standard InChI is InChI=1S/C12H18N4/c1-2-12(13,11-14-7-6-8-15-11)16-9-4-3-5-10-16/h2,6-8H,1,3-5,9-10,13H2. The van der Waals surface area contributed by atoms with E-state index in [1.807, 2.05) is 0 Å². The Morgan fingerprint density at radius 3 is 2.44 bits per heavy atom. The first-order chi connectivity index (χ1) is 7.77. The fourth-order valence-electron chi connectivity index (χ4n) is 2.13. The quantitative estimate of drug-likeness (QED) is 0.776. The van der Waals surface area contributed by atoms with Crippen molar-refractivity contribution in [2.24, 2.45) is 5.73 Å². The number of piperidine rings is 1. The molecule has 4 heteroatoms. The van der Waals surface area contributed by atoms with Crippen LogP contribution in [0.4, 0.5) is 0 Å². The number of hydrogen-bond acceptors (Lipinski definition) is 4. The Balaban J connectivity index is 2.27. The third-order valence-corrected chi connectivity index (χ3v) is 3.11. The van der Waals surface area contributed by atoms with E-state index in [-0.39, 0.29) is 0 Å². The second-order valence-electron chi connectivity index (χ2n) is 4.15. The summed E-state index contributed by atoms with van der Waals surface area (Å²) in [4.78, 5) is 10.7. The average Bonchev–Trinajstić information content (AvgIpc) is 2.40. The lowest BCUT2D eigenvalue weighted by atomic mass is 10.0. The van der Waals surface area contributed by atoms with Gasteiger partial charge in [-0.15, -0.1) is 0 Å². The lowest BCUT2D eigenvalue weighted by molar-refractivity contribution is 0.101. The SMILES string of the molecule is C=CC(N)(c1ncccn1)N1CCCCC1. The van der Waals surface area contributed by atoms with E-state index in [1.54, 1.807) is 24.5 Å². The molecule has 0 saturated carbocycles. The van der Waals surface area contributed by atoms with E-state index < -0.39 is 5.66 Å². The average molecular weight is 218 g/mol. The molecule has 86 valence electrons. The van der Waals surface area contributed by atoms with Crippen molar-refractivity contribution in [1.29, 1.82) is 0 Å². The van der Waals surface area contributed by atoms with Crippen molar-refractivity contribution in [3.05, 3.63) is 36.9 Å². The Bertz CT molecular complexity index is 345. The van der Waals surface area contributed by atoms with Crippen molar-refractivity contribution in [1.82, 2.24) is 14.9 Å². The maximum Gasteiger partial charge on any atom is 0.167 e. The van der Waals surface area contributed by atoms with Crippen molar-refractivity contribution in [3.8, 4) is 0 Å². The Kier molecular flexibility index (Phi) is 3.31. The summed E-state index contributed by atoms with van der Waals surface area (Å²) >= 11 is 0. The van der Waals surface area contributed by atoms with Gasteiger partial charge in [0.25, 0.3) is 0 Å². The van der Waals surface area contributed by atoms with Gasteiger partial charge in [0.15, 0.2) is 5.82 Å². The molecule has 2 heterocycles. The summed E-state index contributed by atoms with van der Waals surface area (Å²) in [6.45, 7) is 5.81. The fraction of sp³-hybridized carbons (Fsp3) is 0.500. The Hall–Kier alpha value is -1.26. The van der Waals surface area contributed by atoms with Crippen LogP contribution < -0.4 is 5.73 Å². The molecule has 0 amide bonds. The van der Waals surface area contributed by atoms with Crippen LogP contribution in [0, 0.1) is 0 Å². The highest BCUT2D eigenvalue weighted by molar-refractivity contribution is 5.13. The van der Waals surface area contributed by atoms with E-state index in [0.717, 1.165) is 13.1 Å². The molecule has 0 radical (unpaired) electrons. The van der Waals surface area contributed by atoms with Crippen molar-refractivity contribution in [2.45, 2.75) is 24.9 Å². The molecular formula is C12H18N4. The van der Waals surface area contributed by atoms with Gasteiger partial charge in [-0.3, -0.25) is 4.90 Å². The van der Waals surface area contributed by atoms with E-state index in [9.17, 15) is 0 Å². The number of likely N-dealkylation sites (tertiary alicyclic amines) is 1. The minimum absolute atomic E-state index is 0.631. The zero-order valence-corrected chi connectivity index (χ0v) is 9.47. The molecule has 0 aromatic carbocycles. The summed E-state index contributed by atoms with van der Waals surface area (Å²) in [5.74, 6) is 0.631. The minimum Gasteiger partial charge on any atom is -0.303 e. The van der Waals surface area contributed by atoms with Gasteiger partial charge >= 0.3 is 0 Å². The third kappa shape index (κ3) is 1.99. The van der Waals surface area contributed by atoms with Gasteiger partial charge in [-0.05, 0) is 25.0 Å². The molecule has 0 bridgehead atoms. The molecule has 4 nitrogen and oxygen atoms in total. The number of nitrogens with two attached hydrogens (primary N) is 1. The molecule has 1 unspecified atom stereocenters. The van der Waals surface area contributed by atoms with Gasteiger partial charge in [-0.25, -0.2) is 9.97 Å². The Labute approximate surface area is 96.2 Å². The van der Waals surface area contributed by atoms with Crippen LogP contribution in [-0.4, -0.2) is 28.0 Å². The molecule has 1 aromatic heterocycles. The topological polar surface area (TPSA) is 55.0 Å². The molecule has 1 aliphatic heterocycles. The van der Waals surface area contributed by atoms with E-state index in [1.165, 1.54) is 19.3 Å². The van der Waals surface area contributed by atoms with Crippen LogP contribution in [0.2, 0.25) is 0 Å². The van der Waals surface area contributed by atoms with Crippen LogP contribution >= 0.6 is 0 Å². The van der Waals surface area contributed by atoms with Crippen LogP contribution in [0.5, 0.6) is 0 Å². The summed E-state index contributed by atoms with van der Waals surface area (Å²) < 4.78 is 0. The number of rotatable bonds is 3. The molecule has 1 aliphatic rings. The highest BCUT2D eigenvalue weighted by Crippen LogP contribution is 2.24. The first kappa shape index (κ1) is 11.2. The van der Waals surface area contributed by atoms with Gasteiger partial charge < -0.3 is 5.73 Å². The number of nitrogens with zero attached hydrogens (tertiary/aromatic N) is 3. The highest BCUT2D eigenvalue weighted by atomic mass is 15.3. The largest absolute Gasteiger partial charge is 0.303 e. The second-order valence-corrected chi connectivity index (χ2v) is 4.15. The number of hydrogen-bond donors (Lipinski definition) is 1. The van der Waals surface area contributed by atoms with Crippen LogP contribution in [0.1, 0.15) is 25.1 Å². The molecule has 1 aromatic rings. The van der Waals surface area contributed by atoms with E-state index in [0.29, 0.717) is 5.82 Å². The lowest BCUT2D eigenvalue weighted by Gasteiger charge is -2.39. The maximum absolute atomic E-state index is 6.38. The van der Waals surface area contributed by atoms with Gasteiger partial charge in [0.2, 0.25) is 0 Å². The van der Waals surface area contributed by atoms with Crippen LogP contribution in [0.15, 0.2) is 31.1 Å². The fourth-order valence-corrected chi connectivity index (χ4v) is 2.13. The lowest BCUT2D eigenvalue weighted by Crippen LogP contribution is -2.54.